The number of nitrogens with zero attached hydrogens (tertiary/aromatic N) is 1. The summed E-state index contributed by atoms with van der Waals surface area (Å²) in [5, 5.41) is 3.15. The molecule has 0 aromatic carbocycles. The number of hydrogen-bond acceptors (Lipinski definition) is 3. The van der Waals surface area contributed by atoms with Gasteiger partial charge in [0.2, 0.25) is 0 Å². The Morgan fingerprint density at radius 2 is 2.29 bits per heavy atom. The zero-order chi connectivity index (χ0) is 12.7. The lowest BCUT2D eigenvalue weighted by Crippen LogP contribution is -2.26. The topological polar surface area (TPSA) is 42.0 Å². The van der Waals surface area contributed by atoms with Crippen LogP contribution in [0.1, 0.15) is 10.4 Å². The molecule has 0 saturated carbocycles. The Morgan fingerprint density at radius 1 is 1.53 bits per heavy atom. The number of carbonyl (C=O) groups is 1. The van der Waals surface area contributed by atoms with Crippen molar-refractivity contribution in [3.63, 3.8) is 0 Å². The molecule has 3 nitrogen and oxygen atoms in total. The Morgan fingerprint density at radius 3 is 2.94 bits per heavy atom. The zero-order valence-electron chi connectivity index (χ0n) is 9.08. The fourth-order valence-corrected chi connectivity index (χ4v) is 2.09. The summed E-state index contributed by atoms with van der Waals surface area (Å²) in [4.78, 5) is 15.5. The van der Waals surface area contributed by atoms with Gasteiger partial charge in [0.05, 0.1) is 5.56 Å². The van der Waals surface area contributed by atoms with E-state index in [-0.39, 0.29) is 16.2 Å². The quantitative estimate of drug-likeness (QED) is 0.497. The SMILES string of the molecule is C=CCSCCNC(=O)c1ccc(Cl)nc1Cl. The van der Waals surface area contributed by atoms with E-state index in [1.807, 2.05) is 6.08 Å². The maximum atomic E-state index is 11.7. The number of nitrogens with one attached hydrogen (secondary N) is 1. The molecule has 0 aliphatic heterocycles. The molecule has 0 spiro atoms. The van der Waals surface area contributed by atoms with E-state index in [1.54, 1.807) is 17.8 Å². The number of carbonyl (C=O) groups excluding carboxylic acids is 1. The molecule has 0 aliphatic carbocycles. The first kappa shape index (κ1) is 14.4. The molecule has 17 heavy (non-hydrogen) atoms. The highest BCUT2D eigenvalue weighted by Gasteiger charge is 2.10. The molecule has 0 fully saturated rings. The van der Waals surface area contributed by atoms with Crippen LogP contribution in [0, 0.1) is 0 Å². The molecular formula is C11H12Cl2N2OS. The van der Waals surface area contributed by atoms with Gasteiger partial charge in [0, 0.05) is 18.1 Å². The molecule has 92 valence electrons. The molecule has 0 saturated heterocycles. The first-order valence-corrected chi connectivity index (χ1v) is 6.85. The molecule has 0 unspecified atom stereocenters. The predicted molar refractivity (Wildman–Crippen MR) is 74.1 cm³/mol. The van der Waals surface area contributed by atoms with Gasteiger partial charge in [-0.3, -0.25) is 4.79 Å². The molecule has 1 rings (SSSR count). The number of pyridine rings is 1. The lowest BCUT2D eigenvalue weighted by Gasteiger charge is -2.05. The third-order valence-corrected chi connectivity index (χ3v) is 3.29. The van der Waals surface area contributed by atoms with Crippen LogP contribution in [0.5, 0.6) is 0 Å². The fourth-order valence-electron chi connectivity index (χ4n) is 1.08. The van der Waals surface area contributed by atoms with Crippen LogP contribution in [0.3, 0.4) is 0 Å². The number of hydrogen-bond donors (Lipinski definition) is 1. The van der Waals surface area contributed by atoms with Crippen LogP contribution in [0.15, 0.2) is 24.8 Å². The lowest BCUT2D eigenvalue weighted by atomic mass is 10.3. The van der Waals surface area contributed by atoms with Crippen molar-refractivity contribution < 1.29 is 4.79 Å². The summed E-state index contributed by atoms with van der Waals surface area (Å²) in [5.74, 6) is 1.47. The van der Waals surface area contributed by atoms with E-state index in [9.17, 15) is 4.79 Å². The van der Waals surface area contributed by atoms with Gasteiger partial charge >= 0.3 is 0 Å². The standard InChI is InChI=1S/C11H12Cl2N2OS/c1-2-6-17-7-5-14-11(16)8-3-4-9(12)15-10(8)13/h2-4H,1,5-7H2,(H,14,16). The summed E-state index contributed by atoms with van der Waals surface area (Å²) < 4.78 is 0. The maximum absolute atomic E-state index is 11.7. The van der Waals surface area contributed by atoms with E-state index in [0.717, 1.165) is 11.5 Å². The largest absolute Gasteiger partial charge is 0.351 e. The minimum atomic E-state index is -0.238. The third kappa shape index (κ3) is 4.98. The highest BCUT2D eigenvalue weighted by Crippen LogP contribution is 2.16. The van der Waals surface area contributed by atoms with Crippen molar-refractivity contribution in [3.05, 3.63) is 40.7 Å². The van der Waals surface area contributed by atoms with Crippen LogP contribution in [0.25, 0.3) is 0 Å². The smallest absolute Gasteiger partial charge is 0.254 e. The summed E-state index contributed by atoms with van der Waals surface area (Å²) in [6, 6.07) is 3.10. The Labute approximate surface area is 115 Å². The van der Waals surface area contributed by atoms with Crippen molar-refractivity contribution >= 4 is 40.9 Å². The molecular weight excluding hydrogens is 279 g/mol. The van der Waals surface area contributed by atoms with Crippen molar-refractivity contribution in [3.8, 4) is 0 Å². The summed E-state index contributed by atoms with van der Waals surface area (Å²) in [6.45, 7) is 4.19. The number of aromatic nitrogens is 1. The van der Waals surface area contributed by atoms with Gasteiger partial charge in [-0.1, -0.05) is 29.3 Å². The van der Waals surface area contributed by atoms with E-state index < -0.39 is 0 Å². The Kier molecular flexibility index (Phi) is 6.40. The van der Waals surface area contributed by atoms with Crippen LogP contribution >= 0.6 is 35.0 Å². The van der Waals surface area contributed by atoms with Gasteiger partial charge in [0.1, 0.15) is 10.3 Å². The Balaban J connectivity index is 2.44. The zero-order valence-corrected chi connectivity index (χ0v) is 11.4. The highest BCUT2D eigenvalue weighted by atomic mass is 35.5. The van der Waals surface area contributed by atoms with Gasteiger partial charge in [-0.15, -0.1) is 6.58 Å². The summed E-state index contributed by atoms with van der Waals surface area (Å²) in [5.41, 5.74) is 0.338. The van der Waals surface area contributed by atoms with Crippen molar-refractivity contribution in [1.29, 1.82) is 0 Å². The van der Waals surface area contributed by atoms with Crippen LogP contribution < -0.4 is 5.32 Å². The number of amides is 1. The van der Waals surface area contributed by atoms with Crippen LogP contribution in [0.4, 0.5) is 0 Å². The van der Waals surface area contributed by atoms with Crippen molar-refractivity contribution in [2.45, 2.75) is 0 Å². The predicted octanol–water partition coefficient (Wildman–Crippen LogP) is 3.04. The molecule has 0 aliphatic rings. The van der Waals surface area contributed by atoms with Gasteiger partial charge in [0.25, 0.3) is 5.91 Å². The average Bonchev–Trinajstić information content (AvgIpc) is 2.28. The van der Waals surface area contributed by atoms with Gasteiger partial charge in [-0.05, 0) is 12.1 Å². The lowest BCUT2D eigenvalue weighted by molar-refractivity contribution is 0.0956. The Bertz CT molecular complexity index is 412. The van der Waals surface area contributed by atoms with Gasteiger partial charge in [0.15, 0.2) is 0 Å². The van der Waals surface area contributed by atoms with Crippen LogP contribution in [-0.2, 0) is 0 Å². The second-order valence-corrected chi connectivity index (χ2v) is 4.99. The van der Waals surface area contributed by atoms with E-state index in [2.05, 4.69) is 16.9 Å². The molecule has 0 radical (unpaired) electrons. The van der Waals surface area contributed by atoms with Crippen LogP contribution in [-0.4, -0.2) is 28.9 Å². The highest BCUT2D eigenvalue weighted by molar-refractivity contribution is 7.99. The summed E-state index contributed by atoms with van der Waals surface area (Å²) >= 11 is 13.1. The van der Waals surface area contributed by atoms with E-state index in [4.69, 9.17) is 23.2 Å². The minimum absolute atomic E-state index is 0.119. The monoisotopic (exact) mass is 290 g/mol. The van der Waals surface area contributed by atoms with Crippen molar-refractivity contribution in [2.75, 3.05) is 18.1 Å². The fraction of sp³-hybridized carbons (Fsp3) is 0.273. The summed E-state index contributed by atoms with van der Waals surface area (Å²) in [7, 11) is 0. The van der Waals surface area contributed by atoms with Gasteiger partial charge < -0.3 is 5.32 Å². The van der Waals surface area contributed by atoms with Crippen molar-refractivity contribution in [1.82, 2.24) is 10.3 Å². The second-order valence-electron chi connectivity index (χ2n) is 3.09. The molecule has 0 bridgehead atoms. The second kappa shape index (κ2) is 7.58. The van der Waals surface area contributed by atoms with E-state index >= 15 is 0 Å². The van der Waals surface area contributed by atoms with E-state index in [0.29, 0.717) is 12.1 Å². The molecule has 1 aromatic rings. The number of rotatable bonds is 6. The number of thioether (sulfide) groups is 1. The molecule has 1 aromatic heterocycles. The maximum Gasteiger partial charge on any atom is 0.254 e. The van der Waals surface area contributed by atoms with Gasteiger partial charge in [-0.25, -0.2) is 4.98 Å². The number of halogens is 2. The molecule has 1 heterocycles. The summed E-state index contributed by atoms with van der Waals surface area (Å²) in [6.07, 6.45) is 1.83. The molecule has 1 amide bonds. The normalized spacial score (nSPS) is 10.0. The van der Waals surface area contributed by atoms with Crippen LogP contribution in [0.2, 0.25) is 10.3 Å². The van der Waals surface area contributed by atoms with Gasteiger partial charge in [-0.2, -0.15) is 11.8 Å². The van der Waals surface area contributed by atoms with Crippen molar-refractivity contribution in [2.24, 2.45) is 0 Å². The molecule has 1 N–H and O–H groups in total. The first-order valence-electron chi connectivity index (χ1n) is 4.94. The third-order valence-electron chi connectivity index (χ3n) is 1.83. The Hall–Kier alpha value is -0.710. The minimum Gasteiger partial charge on any atom is -0.351 e. The molecule has 6 heteroatoms. The average molecular weight is 291 g/mol. The first-order chi connectivity index (χ1) is 8.15. The molecule has 0 atom stereocenters. The van der Waals surface area contributed by atoms with E-state index in [1.165, 1.54) is 6.07 Å².